The number of ether oxygens (including phenoxy) is 4. The Morgan fingerprint density at radius 1 is 0.606 bits per heavy atom. The highest BCUT2D eigenvalue weighted by atomic mass is 31.4. The minimum Gasteiger partial charge on any atom is -0.466 e. The normalized spacial score (nSPS) is 11.9. The molecule has 0 unspecified atom stereocenters. The summed E-state index contributed by atoms with van der Waals surface area (Å²) in [5, 5.41) is 7.00. The molecule has 0 N–H and O–H groups in total. The average molecular weight is 479 g/mol. The van der Waals surface area contributed by atoms with Gasteiger partial charge in [0.25, 0.3) is 0 Å². The van der Waals surface area contributed by atoms with Gasteiger partial charge >= 0.3 is 0 Å². The quantitative estimate of drug-likeness (QED) is 0.162. The van der Waals surface area contributed by atoms with E-state index < -0.39 is 15.2 Å². The molecule has 0 amide bonds. The number of benzene rings is 4. The summed E-state index contributed by atoms with van der Waals surface area (Å²) >= 11 is 0. The summed E-state index contributed by atoms with van der Waals surface area (Å²) in [4.78, 5) is 0. The summed E-state index contributed by atoms with van der Waals surface area (Å²) in [6.45, 7) is 7.68. The van der Waals surface area contributed by atoms with Crippen LogP contribution in [0.4, 0.5) is 0 Å². The van der Waals surface area contributed by atoms with Crippen LogP contribution >= 0.6 is 7.47 Å². The van der Waals surface area contributed by atoms with Gasteiger partial charge < -0.3 is 18.9 Å². The molecule has 0 spiro atoms. The van der Waals surface area contributed by atoms with Gasteiger partial charge in [-0.15, -0.1) is 0 Å². The first-order chi connectivity index (χ1) is 16.0. The Morgan fingerprint density at radius 3 is 1.42 bits per heavy atom. The van der Waals surface area contributed by atoms with Crippen LogP contribution < -0.4 is 20.1 Å². The first kappa shape index (κ1) is 23.7. The molecule has 33 heavy (non-hydrogen) atoms. The van der Waals surface area contributed by atoms with Crippen LogP contribution in [-0.2, 0) is 9.47 Å². The highest BCUT2D eigenvalue weighted by molar-refractivity contribution is 8.04. The molecule has 4 aromatic rings. The van der Waals surface area contributed by atoms with Gasteiger partial charge in [0.1, 0.15) is 11.5 Å². The van der Waals surface area contributed by atoms with E-state index in [2.05, 4.69) is 92.4 Å². The van der Waals surface area contributed by atoms with Crippen molar-refractivity contribution in [3.05, 3.63) is 72.8 Å². The summed E-state index contributed by atoms with van der Waals surface area (Å²) in [5.41, 5.74) is 0. The van der Waals surface area contributed by atoms with Crippen molar-refractivity contribution in [1.82, 2.24) is 0 Å². The molecule has 0 saturated carbocycles. The number of fused-ring (bicyclic) bond motifs is 2. The number of methoxy groups -OCH3 is 2. The third-order valence-corrected chi connectivity index (χ3v) is 14.0. The molecule has 0 aromatic heterocycles. The molecule has 4 rings (SSSR count). The zero-order valence-electron chi connectivity index (χ0n) is 19.9. The molecule has 0 aliphatic heterocycles. The van der Waals surface area contributed by atoms with E-state index in [1.807, 2.05) is 0 Å². The highest BCUT2D eigenvalue weighted by Gasteiger charge is 2.35. The molecular formula is C27H31O4PSi. The van der Waals surface area contributed by atoms with Gasteiger partial charge in [-0.2, -0.15) is 0 Å². The van der Waals surface area contributed by atoms with Crippen molar-refractivity contribution in [2.75, 3.05) is 27.8 Å². The van der Waals surface area contributed by atoms with Crippen molar-refractivity contribution in [2.24, 2.45) is 0 Å². The number of hydrogen-bond donors (Lipinski definition) is 0. The Hall–Kier alpha value is -2.43. The fraction of sp³-hybridized carbons (Fsp3) is 0.259. The Labute approximate surface area is 198 Å². The predicted molar refractivity (Wildman–Crippen MR) is 142 cm³/mol. The van der Waals surface area contributed by atoms with Crippen LogP contribution in [0.3, 0.4) is 0 Å². The first-order valence-corrected chi connectivity index (χ1v) is 16.7. The maximum absolute atomic E-state index is 6.26. The van der Waals surface area contributed by atoms with E-state index in [0.717, 1.165) is 33.0 Å². The largest absolute Gasteiger partial charge is 0.466 e. The Morgan fingerprint density at radius 2 is 1.03 bits per heavy atom. The monoisotopic (exact) mass is 478 g/mol. The van der Waals surface area contributed by atoms with E-state index in [9.17, 15) is 0 Å². The highest BCUT2D eigenvalue weighted by Crippen LogP contribution is 2.51. The second-order valence-electron chi connectivity index (χ2n) is 8.88. The predicted octanol–water partition coefficient (Wildman–Crippen LogP) is 6.23. The van der Waals surface area contributed by atoms with Gasteiger partial charge in [0.05, 0.1) is 7.74 Å². The van der Waals surface area contributed by atoms with Crippen molar-refractivity contribution in [3.63, 3.8) is 0 Å². The lowest BCUT2D eigenvalue weighted by atomic mass is 10.1. The fourth-order valence-corrected chi connectivity index (χ4v) is 12.5. The smallest absolute Gasteiger partial charge is 0.188 e. The topological polar surface area (TPSA) is 36.9 Å². The maximum Gasteiger partial charge on any atom is 0.188 e. The summed E-state index contributed by atoms with van der Waals surface area (Å²) in [5.74, 6) is 1.82. The zero-order valence-corrected chi connectivity index (χ0v) is 21.8. The molecule has 0 bridgehead atoms. The summed E-state index contributed by atoms with van der Waals surface area (Å²) < 4.78 is 23.1. The van der Waals surface area contributed by atoms with E-state index in [-0.39, 0.29) is 13.6 Å². The van der Waals surface area contributed by atoms with Crippen LogP contribution in [-0.4, -0.2) is 35.5 Å². The molecule has 0 aliphatic rings. The molecule has 172 valence electrons. The fourth-order valence-electron chi connectivity index (χ4n) is 4.21. The number of hydrogen-bond acceptors (Lipinski definition) is 4. The second kappa shape index (κ2) is 10.2. The van der Waals surface area contributed by atoms with Crippen LogP contribution in [0, 0.1) is 0 Å². The molecule has 0 atom stereocenters. The van der Waals surface area contributed by atoms with Gasteiger partial charge in [-0.1, -0.05) is 99.9 Å². The van der Waals surface area contributed by atoms with Gasteiger partial charge in [-0.3, -0.25) is 0 Å². The van der Waals surface area contributed by atoms with E-state index in [0.29, 0.717) is 0 Å². The molecule has 6 heteroatoms. The molecule has 0 heterocycles. The molecule has 0 aliphatic carbocycles. The first-order valence-electron chi connectivity index (χ1n) is 11.0. The van der Waals surface area contributed by atoms with Crippen LogP contribution in [0.5, 0.6) is 11.5 Å². The van der Waals surface area contributed by atoms with Crippen molar-refractivity contribution >= 4 is 47.4 Å². The van der Waals surface area contributed by atoms with Crippen molar-refractivity contribution in [3.8, 4) is 11.5 Å². The molecule has 4 aromatic carbocycles. The molecule has 0 radical (unpaired) electrons. The Kier molecular flexibility index (Phi) is 7.35. The van der Waals surface area contributed by atoms with Gasteiger partial charge in [0, 0.05) is 35.6 Å². The minimum atomic E-state index is -1.76. The van der Waals surface area contributed by atoms with E-state index in [1.54, 1.807) is 14.2 Å². The summed E-state index contributed by atoms with van der Waals surface area (Å²) in [6, 6.07) is 25.6. The van der Waals surface area contributed by atoms with Gasteiger partial charge in [-0.25, -0.2) is 0 Å². The lowest BCUT2D eigenvalue weighted by Crippen LogP contribution is -2.32. The third-order valence-electron chi connectivity index (χ3n) is 5.51. The van der Waals surface area contributed by atoms with Crippen LogP contribution in [0.15, 0.2) is 72.8 Å². The second-order valence-corrected chi connectivity index (χ2v) is 20.2. The number of rotatable bonds is 9. The third kappa shape index (κ3) is 4.92. The Balaban J connectivity index is 2.00. The van der Waals surface area contributed by atoms with Gasteiger partial charge in [-0.05, 0) is 10.8 Å². The molecule has 0 saturated heterocycles. The molecular weight excluding hydrogens is 447 g/mol. The molecule has 0 fully saturated rings. The van der Waals surface area contributed by atoms with E-state index >= 15 is 0 Å². The van der Waals surface area contributed by atoms with Crippen molar-refractivity contribution in [2.45, 2.75) is 19.6 Å². The van der Waals surface area contributed by atoms with Crippen molar-refractivity contribution < 1.29 is 18.9 Å². The van der Waals surface area contributed by atoms with Crippen molar-refractivity contribution in [1.29, 1.82) is 0 Å². The lowest BCUT2D eigenvalue weighted by Gasteiger charge is -2.33. The maximum atomic E-state index is 6.26. The summed E-state index contributed by atoms with van der Waals surface area (Å²) in [7, 11) is 0.821. The van der Waals surface area contributed by atoms with E-state index in [1.165, 1.54) is 10.6 Å². The van der Waals surface area contributed by atoms with Gasteiger partial charge in [0.2, 0.25) is 0 Å². The van der Waals surface area contributed by atoms with Crippen LogP contribution in [0.25, 0.3) is 21.5 Å². The Bertz CT molecular complexity index is 1160. The molecule has 4 nitrogen and oxygen atoms in total. The average Bonchev–Trinajstić information content (AvgIpc) is 2.81. The lowest BCUT2D eigenvalue weighted by molar-refractivity contribution is 0.0529. The van der Waals surface area contributed by atoms with Crippen LogP contribution in [0.2, 0.25) is 19.6 Å². The van der Waals surface area contributed by atoms with Crippen LogP contribution in [0.1, 0.15) is 0 Å². The zero-order chi connectivity index (χ0) is 23.4. The standard InChI is InChI=1S/C27H31O4PSi/c1-28-18-30-26-22-12-8-6-10-20(22)14-16-24(26)32(33(3,4)5)25-17-15-21-11-7-9-13-23(21)27(25)31-19-29-2/h6-17H,18-19H2,1-5H3. The minimum absolute atomic E-state index is 0.209. The van der Waals surface area contributed by atoms with E-state index in [4.69, 9.17) is 18.9 Å². The SMILES string of the molecule is COCOc1c(P(c2ccc3ccccc3c2OCOC)[Si](C)(C)C)ccc2ccccc12. The summed E-state index contributed by atoms with van der Waals surface area (Å²) in [6.07, 6.45) is 0. The van der Waals surface area contributed by atoms with Gasteiger partial charge in [0.15, 0.2) is 13.6 Å².